The van der Waals surface area contributed by atoms with Crippen LogP contribution < -0.4 is 10.2 Å². The summed E-state index contributed by atoms with van der Waals surface area (Å²) < 4.78 is 14.4. The van der Waals surface area contributed by atoms with Crippen molar-refractivity contribution in [2.45, 2.75) is 19.3 Å². The van der Waals surface area contributed by atoms with E-state index in [1.165, 1.54) is 6.07 Å². The zero-order chi connectivity index (χ0) is 16.4. The maximum Gasteiger partial charge on any atom is 0.230 e. The van der Waals surface area contributed by atoms with Crippen molar-refractivity contribution >= 4 is 17.5 Å². The summed E-state index contributed by atoms with van der Waals surface area (Å²) >= 11 is 0. The molecule has 5 nitrogen and oxygen atoms in total. The van der Waals surface area contributed by atoms with Gasteiger partial charge in [-0.1, -0.05) is 6.07 Å². The lowest BCUT2D eigenvalue weighted by Crippen LogP contribution is -2.44. The first-order valence-corrected chi connectivity index (χ1v) is 8.08. The van der Waals surface area contributed by atoms with Gasteiger partial charge in [-0.05, 0) is 37.6 Å². The van der Waals surface area contributed by atoms with Gasteiger partial charge in [-0.2, -0.15) is 0 Å². The van der Waals surface area contributed by atoms with E-state index in [0.29, 0.717) is 24.9 Å². The third-order valence-electron chi connectivity index (χ3n) is 4.69. The molecule has 1 aromatic rings. The molecule has 1 unspecified atom stereocenters. The lowest BCUT2D eigenvalue weighted by Gasteiger charge is -2.34. The maximum atomic E-state index is 14.4. The van der Waals surface area contributed by atoms with Gasteiger partial charge >= 0.3 is 0 Å². The molecule has 2 heterocycles. The Morgan fingerprint density at radius 1 is 1.22 bits per heavy atom. The van der Waals surface area contributed by atoms with Gasteiger partial charge in [-0.3, -0.25) is 14.9 Å². The van der Waals surface area contributed by atoms with Gasteiger partial charge in [0.25, 0.3) is 0 Å². The Morgan fingerprint density at radius 2 is 1.96 bits per heavy atom. The number of nitrogens with one attached hydrogen (secondary N) is 1. The normalized spacial score (nSPS) is 23.0. The number of carbonyl (C=O) groups excluding carboxylic acids is 2. The van der Waals surface area contributed by atoms with E-state index in [0.717, 1.165) is 31.7 Å². The molecule has 0 saturated carbocycles. The first kappa shape index (κ1) is 15.9. The SMILES string of the molecule is CN1CCN(c2ccc(CC3CCC(=O)NC3=O)cc2F)CC1. The summed E-state index contributed by atoms with van der Waals surface area (Å²) in [6, 6.07) is 5.22. The molecule has 3 rings (SSSR count). The molecule has 2 saturated heterocycles. The molecule has 2 fully saturated rings. The second kappa shape index (κ2) is 6.66. The van der Waals surface area contributed by atoms with E-state index >= 15 is 0 Å². The number of piperazine rings is 1. The minimum Gasteiger partial charge on any atom is -0.367 e. The van der Waals surface area contributed by atoms with E-state index in [4.69, 9.17) is 0 Å². The van der Waals surface area contributed by atoms with E-state index in [1.807, 2.05) is 12.1 Å². The summed E-state index contributed by atoms with van der Waals surface area (Å²) in [5.41, 5.74) is 1.43. The summed E-state index contributed by atoms with van der Waals surface area (Å²) in [5.74, 6) is -0.950. The Labute approximate surface area is 135 Å². The molecule has 1 N–H and O–H groups in total. The number of halogens is 1. The van der Waals surface area contributed by atoms with Crippen molar-refractivity contribution in [3.63, 3.8) is 0 Å². The summed E-state index contributed by atoms with van der Waals surface area (Å²) in [6.07, 6.45) is 1.36. The summed E-state index contributed by atoms with van der Waals surface area (Å²) in [7, 11) is 2.07. The van der Waals surface area contributed by atoms with Crippen molar-refractivity contribution in [1.82, 2.24) is 10.2 Å². The number of imide groups is 1. The topological polar surface area (TPSA) is 52.6 Å². The molecule has 2 aliphatic rings. The minimum atomic E-state index is -0.249. The molecule has 6 heteroatoms. The number of carbonyl (C=O) groups is 2. The fraction of sp³-hybridized carbons (Fsp3) is 0.529. The van der Waals surface area contributed by atoms with Gasteiger partial charge in [0, 0.05) is 38.5 Å². The lowest BCUT2D eigenvalue weighted by atomic mass is 9.91. The Hall–Kier alpha value is -1.95. The molecule has 0 radical (unpaired) electrons. The van der Waals surface area contributed by atoms with Crippen LogP contribution in [-0.4, -0.2) is 49.9 Å². The zero-order valence-corrected chi connectivity index (χ0v) is 13.3. The first-order valence-electron chi connectivity index (χ1n) is 8.08. The van der Waals surface area contributed by atoms with Crippen LogP contribution in [0.1, 0.15) is 18.4 Å². The number of piperidine rings is 1. The maximum absolute atomic E-state index is 14.4. The van der Waals surface area contributed by atoms with Crippen LogP contribution in [0.4, 0.5) is 10.1 Å². The van der Waals surface area contributed by atoms with Gasteiger partial charge in [0.1, 0.15) is 5.82 Å². The van der Waals surface area contributed by atoms with E-state index in [1.54, 1.807) is 0 Å². The van der Waals surface area contributed by atoms with Crippen LogP contribution in [0.5, 0.6) is 0 Å². The fourth-order valence-corrected chi connectivity index (χ4v) is 3.20. The summed E-state index contributed by atoms with van der Waals surface area (Å²) in [4.78, 5) is 27.3. The van der Waals surface area contributed by atoms with Crippen LogP contribution in [-0.2, 0) is 16.0 Å². The first-order chi connectivity index (χ1) is 11.0. The molecule has 0 bridgehead atoms. The van der Waals surface area contributed by atoms with Crippen LogP contribution in [0, 0.1) is 11.7 Å². The van der Waals surface area contributed by atoms with E-state index in [2.05, 4.69) is 22.2 Å². The largest absolute Gasteiger partial charge is 0.367 e. The molecular weight excluding hydrogens is 297 g/mol. The van der Waals surface area contributed by atoms with Crippen molar-refractivity contribution in [3.8, 4) is 0 Å². The van der Waals surface area contributed by atoms with E-state index in [-0.39, 0.29) is 23.5 Å². The van der Waals surface area contributed by atoms with E-state index < -0.39 is 0 Å². The van der Waals surface area contributed by atoms with Crippen LogP contribution >= 0.6 is 0 Å². The Morgan fingerprint density at radius 3 is 2.61 bits per heavy atom. The third-order valence-corrected chi connectivity index (χ3v) is 4.69. The van der Waals surface area contributed by atoms with Crippen molar-refractivity contribution in [3.05, 3.63) is 29.6 Å². The molecule has 124 valence electrons. The Kier molecular flexibility index (Phi) is 4.61. The van der Waals surface area contributed by atoms with Gasteiger partial charge < -0.3 is 9.80 Å². The highest BCUT2D eigenvalue weighted by molar-refractivity contribution is 5.98. The van der Waals surface area contributed by atoms with Gasteiger partial charge in [0.2, 0.25) is 11.8 Å². The third kappa shape index (κ3) is 3.69. The average Bonchev–Trinajstić information content (AvgIpc) is 2.51. The molecule has 2 amide bonds. The van der Waals surface area contributed by atoms with Crippen molar-refractivity contribution in [2.75, 3.05) is 38.1 Å². The molecule has 2 aliphatic heterocycles. The van der Waals surface area contributed by atoms with Gasteiger partial charge in [0.05, 0.1) is 5.69 Å². The molecule has 1 aromatic carbocycles. The van der Waals surface area contributed by atoms with Gasteiger partial charge in [0.15, 0.2) is 0 Å². The number of benzene rings is 1. The molecular formula is C17H22FN3O2. The quantitative estimate of drug-likeness (QED) is 0.850. The summed E-state index contributed by atoms with van der Waals surface area (Å²) in [6.45, 7) is 3.49. The predicted molar refractivity (Wildman–Crippen MR) is 85.7 cm³/mol. The molecule has 23 heavy (non-hydrogen) atoms. The highest BCUT2D eigenvalue weighted by Gasteiger charge is 2.27. The molecule has 1 atom stereocenters. The number of nitrogens with zero attached hydrogens (tertiary/aromatic N) is 2. The Balaban J connectivity index is 1.67. The van der Waals surface area contributed by atoms with Crippen LogP contribution in [0.3, 0.4) is 0 Å². The van der Waals surface area contributed by atoms with Crippen LogP contribution in [0.2, 0.25) is 0 Å². The summed E-state index contributed by atoms with van der Waals surface area (Å²) in [5, 5.41) is 2.35. The second-order valence-corrected chi connectivity index (χ2v) is 6.43. The van der Waals surface area contributed by atoms with Crippen molar-refractivity contribution in [1.29, 1.82) is 0 Å². The highest BCUT2D eigenvalue weighted by atomic mass is 19.1. The standard InChI is InChI=1S/C17H22FN3O2/c1-20-6-8-21(9-7-20)15-4-2-12(11-14(15)18)10-13-3-5-16(22)19-17(13)23/h2,4,11,13H,3,5-10H2,1H3,(H,19,22,23). The zero-order valence-electron chi connectivity index (χ0n) is 13.3. The fourth-order valence-electron chi connectivity index (χ4n) is 3.20. The number of hydrogen-bond acceptors (Lipinski definition) is 4. The number of hydrogen-bond donors (Lipinski definition) is 1. The minimum absolute atomic E-state index is 0.220. The number of rotatable bonds is 3. The lowest BCUT2D eigenvalue weighted by molar-refractivity contribution is -0.136. The molecule has 0 aliphatic carbocycles. The van der Waals surface area contributed by atoms with Gasteiger partial charge in [-0.25, -0.2) is 4.39 Å². The monoisotopic (exact) mass is 319 g/mol. The molecule has 0 aromatic heterocycles. The highest BCUT2D eigenvalue weighted by Crippen LogP contribution is 2.24. The predicted octanol–water partition coefficient (Wildman–Crippen LogP) is 1.17. The molecule has 0 spiro atoms. The number of amides is 2. The van der Waals surface area contributed by atoms with Crippen LogP contribution in [0.15, 0.2) is 18.2 Å². The smallest absolute Gasteiger partial charge is 0.230 e. The Bertz CT molecular complexity index is 612. The number of likely N-dealkylation sites (N-methyl/N-ethyl adjacent to an activating group) is 1. The van der Waals surface area contributed by atoms with Crippen LogP contribution in [0.25, 0.3) is 0 Å². The van der Waals surface area contributed by atoms with Crippen molar-refractivity contribution < 1.29 is 14.0 Å². The number of anilines is 1. The van der Waals surface area contributed by atoms with Gasteiger partial charge in [-0.15, -0.1) is 0 Å². The van der Waals surface area contributed by atoms with E-state index in [9.17, 15) is 14.0 Å². The average molecular weight is 319 g/mol. The second-order valence-electron chi connectivity index (χ2n) is 6.43. The van der Waals surface area contributed by atoms with Crippen molar-refractivity contribution in [2.24, 2.45) is 5.92 Å².